The van der Waals surface area contributed by atoms with Crippen molar-refractivity contribution < 1.29 is 5.21 Å². The van der Waals surface area contributed by atoms with Crippen molar-refractivity contribution in [2.24, 2.45) is 5.16 Å². The van der Waals surface area contributed by atoms with Crippen LogP contribution >= 0.6 is 11.6 Å². The number of aryl methyl sites for hydroxylation is 1. The molecule has 0 fully saturated rings. The van der Waals surface area contributed by atoms with Gasteiger partial charge in [0.25, 0.3) is 0 Å². The zero-order chi connectivity index (χ0) is 9.68. The highest BCUT2D eigenvalue weighted by Gasteiger charge is 1.95. The van der Waals surface area contributed by atoms with Crippen molar-refractivity contribution >= 4 is 22.8 Å². The van der Waals surface area contributed by atoms with Gasteiger partial charge in [0, 0.05) is 5.03 Å². The Morgan fingerprint density at radius 3 is 2.54 bits per heavy atom. The highest BCUT2D eigenvalue weighted by molar-refractivity contribution is 6.49. The molecule has 0 spiro atoms. The fourth-order valence-corrected chi connectivity index (χ4v) is 1.09. The van der Waals surface area contributed by atoms with Crippen molar-refractivity contribution in [3.63, 3.8) is 0 Å². The Kier molecular flexibility index (Phi) is 3.53. The van der Waals surface area contributed by atoms with Gasteiger partial charge < -0.3 is 5.21 Å². The Bertz CT molecular complexity index is 327. The monoisotopic (exact) mass is 195 g/mol. The number of halogens is 1. The number of allylic oxidation sites excluding steroid dienone is 1. The van der Waals surface area contributed by atoms with Crippen LogP contribution in [-0.4, -0.2) is 11.4 Å². The first-order valence-corrected chi connectivity index (χ1v) is 4.22. The van der Waals surface area contributed by atoms with E-state index in [2.05, 4.69) is 5.16 Å². The SMILES string of the molecule is Cc1ccc(C(Cl)=CC=NO)cc1. The van der Waals surface area contributed by atoms with Crippen LogP contribution in [0.2, 0.25) is 0 Å². The van der Waals surface area contributed by atoms with Gasteiger partial charge in [0.15, 0.2) is 0 Å². The first-order chi connectivity index (χ1) is 6.24. The second-order valence-electron chi connectivity index (χ2n) is 2.65. The van der Waals surface area contributed by atoms with Gasteiger partial charge in [-0.15, -0.1) is 0 Å². The van der Waals surface area contributed by atoms with E-state index in [0.717, 1.165) is 5.56 Å². The van der Waals surface area contributed by atoms with Crippen LogP contribution < -0.4 is 0 Å². The third-order valence-corrected chi connectivity index (χ3v) is 1.96. The van der Waals surface area contributed by atoms with E-state index >= 15 is 0 Å². The molecule has 13 heavy (non-hydrogen) atoms. The van der Waals surface area contributed by atoms with Gasteiger partial charge in [0.2, 0.25) is 0 Å². The quantitative estimate of drug-likeness (QED) is 0.439. The maximum Gasteiger partial charge on any atom is 0.0676 e. The lowest BCUT2D eigenvalue weighted by Crippen LogP contribution is -1.78. The van der Waals surface area contributed by atoms with Crippen molar-refractivity contribution in [2.45, 2.75) is 6.92 Å². The summed E-state index contributed by atoms with van der Waals surface area (Å²) in [6, 6.07) is 7.78. The molecule has 2 nitrogen and oxygen atoms in total. The van der Waals surface area contributed by atoms with E-state index in [1.54, 1.807) is 0 Å². The van der Waals surface area contributed by atoms with E-state index in [-0.39, 0.29) is 0 Å². The van der Waals surface area contributed by atoms with Crippen LogP contribution in [0.25, 0.3) is 5.03 Å². The van der Waals surface area contributed by atoms with Crippen LogP contribution in [0, 0.1) is 6.92 Å². The highest BCUT2D eigenvalue weighted by atomic mass is 35.5. The molecule has 0 atom stereocenters. The second kappa shape index (κ2) is 4.67. The molecular formula is C10H10ClNO. The molecule has 3 heteroatoms. The second-order valence-corrected chi connectivity index (χ2v) is 3.05. The van der Waals surface area contributed by atoms with Crippen LogP contribution in [0.5, 0.6) is 0 Å². The summed E-state index contributed by atoms with van der Waals surface area (Å²) < 4.78 is 0. The molecule has 0 aliphatic carbocycles. The molecule has 0 radical (unpaired) electrons. The molecule has 1 aromatic rings. The predicted molar refractivity (Wildman–Crippen MR) is 55.3 cm³/mol. The summed E-state index contributed by atoms with van der Waals surface area (Å²) in [4.78, 5) is 0. The molecule has 0 aliphatic rings. The van der Waals surface area contributed by atoms with E-state index in [1.165, 1.54) is 17.9 Å². The zero-order valence-corrected chi connectivity index (χ0v) is 7.99. The van der Waals surface area contributed by atoms with E-state index in [4.69, 9.17) is 16.8 Å². The number of hydrogen-bond acceptors (Lipinski definition) is 2. The first kappa shape index (κ1) is 9.81. The van der Waals surface area contributed by atoms with Gasteiger partial charge in [0.05, 0.1) is 6.21 Å². The lowest BCUT2D eigenvalue weighted by Gasteiger charge is -1.97. The molecule has 1 aromatic carbocycles. The standard InChI is InChI=1S/C10H10ClNO/c1-8-2-4-9(5-3-8)10(11)6-7-12-13/h2-7,13H,1H3. The number of benzene rings is 1. The Morgan fingerprint density at radius 2 is 2.00 bits per heavy atom. The summed E-state index contributed by atoms with van der Waals surface area (Å²) in [5, 5.41) is 11.6. The third kappa shape index (κ3) is 2.92. The molecule has 0 aromatic heterocycles. The lowest BCUT2D eigenvalue weighted by atomic mass is 10.1. The van der Waals surface area contributed by atoms with Gasteiger partial charge in [-0.2, -0.15) is 0 Å². The molecule has 0 saturated carbocycles. The average Bonchev–Trinajstić information content (AvgIpc) is 2.15. The number of hydrogen-bond donors (Lipinski definition) is 1. The number of rotatable bonds is 2. The van der Waals surface area contributed by atoms with Crippen LogP contribution in [0.1, 0.15) is 11.1 Å². The fraction of sp³-hybridized carbons (Fsp3) is 0.100. The zero-order valence-electron chi connectivity index (χ0n) is 7.24. The van der Waals surface area contributed by atoms with Crippen molar-refractivity contribution in [3.8, 4) is 0 Å². The molecule has 1 N–H and O–H groups in total. The van der Waals surface area contributed by atoms with E-state index in [9.17, 15) is 0 Å². The molecule has 0 aliphatic heterocycles. The van der Waals surface area contributed by atoms with Gasteiger partial charge in [-0.1, -0.05) is 46.6 Å². The predicted octanol–water partition coefficient (Wildman–Crippen LogP) is 3.03. The van der Waals surface area contributed by atoms with Crippen molar-refractivity contribution in [1.82, 2.24) is 0 Å². The summed E-state index contributed by atoms with van der Waals surface area (Å²) in [6.45, 7) is 2.01. The minimum atomic E-state index is 0.554. The normalized spacial score (nSPS) is 12.3. The van der Waals surface area contributed by atoms with Crippen molar-refractivity contribution in [1.29, 1.82) is 0 Å². The largest absolute Gasteiger partial charge is 0.411 e. The summed E-state index contributed by atoms with van der Waals surface area (Å²) in [7, 11) is 0. The Hall–Kier alpha value is -1.28. The third-order valence-electron chi connectivity index (χ3n) is 1.61. The Labute approximate surface area is 82.1 Å². The van der Waals surface area contributed by atoms with E-state index < -0.39 is 0 Å². The van der Waals surface area contributed by atoms with Crippen molar-refractivity contribution in [2.75, 3.05) is 0 Å². The van der Waals surface area contributed by atoms with Gasteiger partial charge >= 0.3 is 0 Å². The lowest BCUT2D eigenvalue weighted by molar-refractivity contribution is 0.322. The maximum absolute atomic E-state index is 8.17. The summed E-state index contributed by atoms with van der Waals surface area (Å²) in [5.74, 6) is 0. The van der Waals surface area contributed by atoms with Crippen LogP contribution in [0.3, 0.4) is 0 Å². The Morgan fingerprint density at radius 1 is 1.38 bits per heavy atom. The molecule has 0 amide bonds. The first-order valence-electron chi connectivity index (χ1n) is 3.84. The minimum Gasteiger partial charge on any atom is -0.411 e. The fourth-order valence-electron chi connectivity index (χ4n) is 0.908. The van der Waals surface area contributed by atoms with Crippen LogP contribution in [0.4, 0.5) is 0 Å². The van der Waals surface area contributed by atoms with Crippen LogP contribution in [0.15, 0.2) is 35.5 Å². The van der Waals surface area contributed by atoms with E-state index in [0.29, 0.717) is 5.03 Å². The Balaban J connectivity index is 2.89. The van der Waals surface area contributed by atoms with Gasteiger partial charge in [-0.05, 0) is 18.6 Å². The minimum absolute atomic E-state index is 0.554. The average molecular weight is 196 g/mol. The number of nitrogens with zero attached hydrogens (tertiary/aromatic N) is 1. The van der Waals surface area contributed by atoms with Crippen LogP contribution in [-0.2, 0) is 0 Å². The maximum atomic E-state index is 8.17. The molecular weight excluding hydrogens is 186 g/mol. The molecule has 1 rings (SSSR count). The van der Waals surface area contributed by atoms with Gasteiger partial charge in [-0.3, -0.25) is 0 Å². The van der Waals surface area contributed by atoms with Crippen molar-refractivity contribution in [3.05, 3.63) is 41.5 Å². The summed E-state index contributed by atoms with van der Waals surface area (Å²) in [6.07, 6.45) is 2.77. The molecule has 0 unspecified atom stereocenters. The summed E-state index contributed by atoms with van der Waals surface area (Å²) in [5.41, 5.74) is 2.09. The van der Waals surface area contributed by atoms with Gasteiger partial charge in [-0.25, -0.2) is 0 Å². The molecule has 68 valence electrons. The van der Waals surface area contributed by atoms with E-state index in [1.807, 2.05) is 31.2 Å². The number of oxime groups is 1. The summed E-state index contributed by atoms with van der Waals surface area (Å²) >= 11 is 5.90. The van der Waals surface area contributed by atoms with Gasteiger partial charge in [0.1, 0.15) is 0 Å². The smallest absolute Gasteiger partial charge is 0.0676 e. The molecule has 0 heterocycles. The highest BCUT2D eigenvalue weighted by Crippen LogP contribution is 2.18. The molecule has 0 saturated heterocycles. The molecule has 0 bridgehead atoms. The topological polar surface area (TPSA) is 32.6 Å².